The second-order valence-corrected chi connectivity index (χ2v) is 5.32. The average molecular weight is 291 g/mol. The summed E-state index contributed by atoms with van der Waals surface area (Å²) in [7, 11) is 0. The van der Waals surface area contributed by atoms with Crippen LogP contribution in [0.5, 0.6) is 0 Å². The van der Waals surface area contributed by atoms with Gasteiger partial charge in [0.15, 0.2) is 0 Å². The number of nitrogens with zero attached hydrogens (tertiary/aromatic N) is 1. The van der Waals surface area contributed by atoms with Gasteiger partial charge in [0.1, 0.15) is 0 Å². The van der Waals surface area contributed by atoms with Gasteiger partial charge in [-0.2, -0.15) is 13.2 Å². The molecule has 0 saturated heterocycles. The van der Waals surface area contributed by atoms with Crippen molar-refractivity contribution in [3.05, 3.63) is 29.3 Å². The van der Waals surface area contributed by atoms with Gasteiger partial charge in [0.05, 0.1) is 17.8 Å². The Bertz CT molecular complexity index is 453. The molecule has 114 valence electrons. The van der Waals surface area contributed by atoms with Gasteiger partial charge >= 0.3 is 6.18 Å². The molecule has 0 atom stereocenters. The average Bonchev–Trinajstić information content (AvgIpc) is 2.33. The molecule has 0 bridgehead atoms. The lowest BCUT2D eigenvalue weighted by Crippen LogP contribution is -2.38. The maximum Gasteiger partial charge on any atom is 0.416 e. The lowest BCUT2D eigenvalue weighted by molar-refractivity contribution is -0.138. The molecular weight excluding hydrogens is 271 g/mol. The van der Waals surface area contributed by atoms with Crippen LogP contribution in [-0.2, 0) is 12.8 Å². The number of aliphatic hydroxyl groups excluding tert-OH is 1. The Kier molecular flexibility index (Phi) is 5.05. The van der Waals surface area contributed by atoms with Crippen LogP contribution in [0.25, 0.3) is 0 Å². The molecule has 1 aromatic carbocycles. The zero-order valence-electron chi connectivity index (χ0n) is 11.8. The van der Waals surface area contributed by atoms with Crippen molar-refractivity contribution in [3.8, 4) is 0 Å². The third kappa shape index (κ3) is 4.38. The van der Waals surface area contributed by atoms with Gasteiger partial charge in [-0.05, 0) is 38.5 Å². The minimum absolute atomic E-state index is 0.152. The quantitative estimate of drug-likeness (QED) is 0.876. The molecule has 0 amide bonds. The molecule has 1 rings (SSSR count). The zero-order valence-corrected chi connectivity index (χ0v) is 11.8. The summed E-state index contributed by atoms with van der Waals surface area (Å²) in [5.74, 6) is 0. The molecule has 6 heteroatoms. The summed E-state index contributed by atoms with van der Waals surface area (Å²) in [5, 5.41) is 18.8. The van der Waals surface area contributed by atoms with E-state index in [9.17, 15) is 18.3 Å². The molecule has 0 radical (unpaired) electrons. The molecule has 3 nitrogen and oxygen atoms in total. The van der Waals surface area contributed by atoms with E-state index in [2.05, 4.69) is 0 Å². The molecule has 0 aromatic heterocycles. The SMILES string of the molecule is CCN(CC(C)(C)O)c1ccc(CO)c(C(F)(F)F)c1. The van der Waals surface area contributed by atoms with Crippen molar-refractivity contribution in [2.24, 2.45) is 0 Å². The Morgan fingerprint density at radius 2 is 1.80 bits per heavy atom. The van der Waals surface area contributed by atoms with Gasteiger partial charge in [0.25, 0.3) is 0 Å². The van der Waals surface area contributed by atoms with Gasteiger partial charge in [-0.3, -0.25) is 0 Å². The van der Waals surface area contributed by atoms with Crippen molar-refractivity contribution in [1.82, 2.24) is 0 Å². The first-order valence-corrected chi connectivity index (χ1v) is 6.37. The van der Waals surface area contributed by atoms with Gasteiger partial charge in [0.2, 0.25) is 0 Å². The highest BCUT2D eigenvalue weighted by atomic mass is 19.4. The molecule has 0 spiro atoms. The van der Waals surface area contributed by atoms with Crippen LogP contribution in [0.4, 0.5) is 18.9 Å². The van der Waals surface area contributed by atoms with Crippen molar-refractivity contribution in [3.63, 3.8) is 0 Å². The standard InChI is InChI=1S/C14H20F3NO2/c1-4-18(9-13(2,3)20)11-6-5-10(8-19)12(7-11)14(15,16)17/h5-7,19-20H,4,8-9H2,1-3H3. The number of hydrogen-bond donors (Lipinski definition) is 2. The number of alkyl halides is 3. The lowest BCUT2D eigenvalue weighted by Gasteiger charge is -2.30. The number of halogens is 3. The fourth-order valence-corrected chi connectivity index (χ4v) is 2.02. The van der Waals surface area contributed by atoms with E-state index in [0.29, 0.717) is 12.2 Å². The van der Waals surface area contributed by atoms with Crippen LogP contribution in [0, 0.1) is 0 Å². The summed E-state index contributed by atoms with van der Waals surface area (Å²) >= 11 is 0. The van der Waals surface area contributed by atoms with Crippen LogP contribution in [-0.4, -0.2) is 28.9 Å². The molecule has 0 fully saturated rings. The highest BCUT2D eigenvalue weighted by molar-refractivity contribution is 5.52. The fourth-order valence-electron chi connectivity index (χ4n) is 2.02. The predicted octanol–water partition coefficient (Wildman–Crippen LogP) is 2.79. The van der Waals surface area contributed by atoms with Gasteiger partial charge < -0.3 is 15.1 Å². The minimum Gasteiger partial charge on any atom is -0.392 e. The Morgan fingerprint density at radius 3 is 2.20 bits per heavy atom. The number of hydrogen-bond acceptors (Lipinski definition) is 3. The molecule has 0 unspecified atom stereocenters. The first-order valence-electron chi connectivity index (χ1n) is 6.37. The van der Waals surface area contributed by atoms with E-state index in [-0.39, 0.29) is 12.1 Å². The molecule has 0 aliphatic rings. The number of benzene rings is 1. The monoisotopic (exact) mass is 291 g/mol. The summed E-state index contributed by atoms with van der Waals surface area (Å²) in [5.41, 5.74) is -1.63. The van der Waals surface area contributed by atoms with Gasteiger partial charge in [-0.15, -0.1) is 0 Å². The zero-order chi connectivity index (χ0) is 15.6. The van der Waals surface area contributed by atoms with Crippen LogP contribution in [0.1, 0.15) is 31.9 Å². The Labute approximate surface area is 116 Å². The molecule has 1 aromatic rings. The molecule has 2 N–H and O–H groups in total. The van der Waals surface area contributed by atoms with E-state index in [0.717, 1.165) is 6.07 Å². The fraction of sp³-hybridized carbons (Fsp3) is 0.571. The van der Waals surface area contributed by atoms with E-state index in [1.807, 2.05) is 0 Å². The summed E-state index contributed by atoms with van der Waals surface area (Å²) in [6.07, 6.45) is -4.51. The lowest BCUT2D eigenvalue weighted by atomic mass is 10.0. The van der Waals surface area contributed by atoms with E-state index >= 15 is 0 Å². The molecule has 0 saturated carbocycles. The smallest absolute Gasteiger partial charge is 0.392 e. The number of aliphatic hydroxyl groups is 2. The van der Waals surface area contributed by atoms with Crippen LogP contribution in [0.3, 0.4) is 0 Å². The van der Waals surface area contributed by atoms with E-state index in [1.54, 1.807) is 25.7 Å². The van der Waals surface area contributed by atoms with Crippen LogP contribution in [0.15, 0.2) is 18.2 Å². The van der Waals surface area contributed by atoms with Gasteiger partial charge in [-0.25, -0.2) is 0 Å². The normalized spacial score (nSPS) is 12.6. The third-order valence-electron chi connectivity index (χ3n) is 2.89. The summed E-state index contributed by atoms with van der Waals surface area (Å²) in [4.78, 5) is 1.66. The predicted molar refractivity (Wildman–Crippen MR) is 71.6 cm³/mol. The van der Waals surface area contributed by atoms with E-state index < -0.39 is 23.9 Å². The van der Waals surface area contributed by atoms with Crippen LogP contribution < -0.4 is 4.90 Å². The summed E-state index contributed by atoms with van der Waals surface area (Å²) < 4.78 is 38.8. The molecule has 20 heavy (non-hydrogen) atoms. The highest BCUT2D eigenvalue weighted by Crippen LogP contribution is 2.35. The van der Waals surface area contributed by atoms with Crippen molar-refractivity contribution >= 4 is 5.69 Å². The Morgan fingerprint density at radius 1 is 1.20 bits per heavy atom. The number of anilines is 1. The topological polar surface area (TPSA) is 43.7 Å². The largest absolute Gasteiger partial charge is 0.416 e. The molecule has 0 aliphatic carbocycles. The maximum absolute atomic E-state index is 12.9. The van der Waals surface area contributed by atoms with Crippen molar-refractivity contribution < 1.29 is 23.4 Å². The van der Waals surface area contributed by atoms with Crippen LogP contribution in [0.2, 0.25) is 0 Å². The summed E-state index contributed by atoms with van der Waals surface area (Å²) in [6, 6.07) is 3.81. The Balaban J connectivity index is 3.19. The van der Waals surface area contributed by atoms with E-state index in [1.165, 1.54) is 12.1 Å². The third-order valence-corrected chi connectivity index (χ3v) is 2.89. The number of rotatable bonds is 5. The van der Waals surface area contributed by atoms with Crippen molar-refractivity contribution in [2.75, 3.05) is 18.0 Å². The number of likely N-dealkylation sites (N-methyl/N-ethyl adjacent to an activating group) is 1. The van der Waals surface area contributed by atoms with E-state index in [4.69, 9.17) is 5.11 Å². The van der Waals surface area contributed by atoms with Gasteiger partial charge in [0, 0.05) is 18.8 Å². The Hall–Kier alpha value is -1.27. The second-order valence-electron chi connectivity index (χ2n) is 5.32. The molecule has 0 aliphatic heterocycles. The first kappa shape index (κ1) is 16.8. The second kappa shape index (κ2) is 6.01. The first-order chi connectivity index (χ1) is 9.08. The summed E-state index contributed by atoms with van der Waals surface area (Å²) in [6.45, 7) is 5.04. The van der Waals surface area contributed by atoms with Crippen molar-refractivity contribution in [2.45, 2.75) is 39.2 Å². The van der Waals surface area contributed by atoms with Crippen LogP contribution >= 0.6 is 0 Å². The molecule has 0 heterocycles. The maximum atomic E-state index is 12.9. The van der Waals surface area contributed by atoms with Gasteiger partial charge in [-0.1, -0.05) is 6.07 Å². The van der Waals surface area contributed by atoms with Crippen molar-refractivity contribution in [1.29, 1.82) is 0 Å². The molecular formula is C14H20F3NO2. The highest BCUT2D eigenvalue weighted by Gasteiger charge is 2.34. The minimum atomic E-state index is -4.51.